The third kappa shape index (κ3) is 7.88. The van der Waals surface area contributed by atoms with Crippen molar-refractivity contribution in [1.29, 1.82) is 0 Å². The Hall–Kier alpha value is -4.36. The van der Waals surface area contributed by atoms with E-state index in [9.17, 15) is 18.3 Å². The largest absolute Gasteiger partial charge is 0.497 e. The van der Waals surface area contributed by atoms with Gasteiger partial charge in [-0.05, 0) is 66.1 Å². The highest BCUT2D eigenvalue weighted by Gasteiger charge is 2.30. The molecule has 1 aromatic heterocycles. The molecule has 2 atom stereocenters. The van der Waals surface area contributed by atoms with Crippen LogP contribution in [0, 0.1) is 0 Å². The highest BCUT2D eigenvalue weighted by Crippen LogP contribution is 2.32. The minimum Gasteiger partial charge on any atom is -0.497 e. The number of ether oxygens (including phenoxy) is 4. The van der Waals surface area contributed by atoms with E-state index in [1.54, 1.807) is 25.3 Å². The highest BCUT2D eigenvalue weighted by atomic mass is 32.2. The molecule has 11 nitrogen and oxygen atoms in total. The summed E-state index contributed by atoms with van der Waals surface area (Å²) in [6.07, 6.45) is 3.96. The second-order valence-corrected chi connectivity index (χ2v) is 12.7. The maximum atomic E-state index is 13.3. The summed E-state index contributed by atoms with van der Waals surface area (Å²) in [6.45, 7) is -0.117. The number of carbonyl (C=O) groups excluding carboxylic acids is 1. The van der Waals surface area contributed by atoms with Crippen molar-refractivity contribution in [3.8, 4) is 11.5 Å². The topological polar surface area (TPSA) is 139 Å². The Labute approximate surface area is 268 Å². The van der Waals surface area contributed by atoms with Crippen LogP contribution in [0.25, 0.3) is 10.9 Å². The van der Waals surface area contributed by atoms with Crippen molar-refractivity contribution in [3.05, 3.63) is 102 Å². The summed E-state index contributed by atoms with van der Waals surface area (Å²) in [6, 6.07) is 21.6. The van der Waals surface area contributed by atoms with Crippen LogP contribution in [0.5, 0.6) is 11.5 Å². The van der Waals surface area contributed by atoms with Crippen LogP contribution < -0.4 is 14.8 Å². The number of methoxy groups -OCH3 is 2. The molecule has 0 saturated carbocycles. The van der Waals surface area contributed by atoms with Gasteiger partial charge in [0.1, 0.15) is 11.5 Å². The quantitative estimate of drug-likeness (QED) is 0.176. The van der Waals surface area contributed by atoms with Crippen molar-refractivity contribution in [2.24, 2.45) is 0 Å². The van der Waals surface area contributed by atoms with Crippen molar-refractivity contribution in [2.75, 3.05) is 47.1 Å². The number of aromatic nitrogens is 1. The molecule has 1 amide bonds. The third-order valence-corrected chi connectivity index (χ3v) is 9.77. The lowest BCUT2D eigenvalue weighted by atomic mass is 9.93. The summed E-state index contributed by atoms with van der Waals surface area (Å²) < 4.78 is 50.3. The first-order valence-electron chi connectivity index (χ1n) is 15.0. The van der Waals surface area contributed by atoms with Gasteiger partial charge >= 0.3 is 0 Å². The average molecular weight is 650 g/mol. The van der Waals surface area contributed by atoms with E-state index in [-0.39, 0.29) is 48.8 Å². The third-order valence-electron chi connectivity index (χ3n) is 7.85. The molecule has 0 bridgehead atoms. The first-order valence-corrected chi connectivity index (χ1v) is 16.5. The fourth-order valence-corrected chi connectivity index (χ4v) is 6.80. The fourth-order valence-electron chi connectivity index (χ4n) is 5.39. The van der Waals surface area contributed by atoms with E-state index in [0.29, 0.717) is 25.1 Å². The molecule has 3 aromatic carbocycles. The molecular weight excluding hydrogens is 610 g/mol. The van der Waals surface area contributed by atoms with Crippen molar-refractivity contribution >= 4 is 26.8 Å². The number of carbonyl (C=O) groups is 1. The maximum absolute atomic E-state index is 13.3. The highest BCUT2D eigenvalue weighted by molar-refractivity contribution is 7.89. The lowest BCUT2D eigenvalue weighted by Gasteiger charge is -2.30. The number of rotatable bonds is 15. The molecule has 5 rings (SSSR count). The number of aliphatic hydroxyl groups excluding tert-OH is 1. The standard InChI is InChI=1S/C34H39N3O8S/c1-42-27-8-11-29(12-9-27)46(40,41)37(16-18-38)17-19-44-33-21-26(24-6-4-3-5-7-24)20-32(45-33)34(39)35-15-14-25-23-36-31-13-10-28(43-2)22-30(25)31/h3-13,20,22-23,26,33,36,38H,14-19,21H2,1-2H3,(H,35,39)/t26-,33+/m0/s1. The lowest BCUT2D eigenvalue weighted by Crippen LogP contribution is -2.38. The van der Waals surface area contributed by atoms with Crippen LogP contribution in [0.2, 0.25) is 0 Å². The van der Waals surface area contributed by atoms with Crippen LogP contribution in [-0.2, 0) is 30.7 Å². The van der Waals surface area contributed by atoms with Gasteiger partial charge in [0, 0.05) is 49.1 Å². The number of benzene rings is 3. The molecule has 0 saturated heterocycles. The summed E-state index contributed by atoms with van der Waals surface area (Å²) in [5.41, 5.74) is 3.04. The number of nitrogens with one attached hydrogen (secondary N) is 2. The van der Waals surface area contributed by atoms with Crippen LogP contribution >= 0.6 is 0 Å². The molecule has 0 radical (unpaired) electrons. The number of nitrogens with zero attached hydrogens (tertiary/aromatic N) is 1. The summed E-state index contributed by atoms with van der Waals surface area (Å²) in [7, 11) is -0.776. The Morgan fingerprint density at radius 3 is 2.48 bits per heavy atom. The van der Waals surface area contributed by atoms with Crippen molar-refractivity contribution in [1.82, 2.24) is 14.6 Å². The number of fused-ring (bicyclic) bond motifs is 1. The maximum Gasteiger partial charge on any atom is 0.286 e. The number of sulfonamides is 1. The second-order valence-electron chi connectivity index (χ2n) is 10.7. The molecular formula is C34H39N3O8S. The smallest absolute Gasteiger partial charge is 0.286 e. The molecule has 0 aliphatic carbocycles. The Morgan fingerprint density at radius 2 is 1.76 bits per heavy atom. The van der Waals surface area contributed by atoms with Gasteiger partial charge in [-0.25, -0.2) is 8.42 Å². The Kier molecular flexibility index (Phi) is 11.0. The second kappa shape index (κ2) is 15.3. The summed E-state index contributed by atoms with van der Waals surface area (Å²) in [5.74, 6) is 0.914. The van der Waals surface area contributed by atoms with E-state index in [1.165, 1.54) is 19.2 Å². The Bertz CT molecular complexity index is 1740. The molecule has 0 spiro atoms. The minimum atomic E-state index is -3.90. The van der Waals surface area contributed by atoms with Gasteiger partial charge in [0.15, 0.2) is 5.76 Å². The van der Waals surface area contributed by atoms with Gasteiger partial charge in [-0.1, -0.05) is 30.3 Å². The predicted molar refractivity (Wildman–Crippen MR) is 173 cm³/mol. The number of aliphatic hydroxyl groups is 1. The number of hydrogen-bond acceptors (Lipinski definition) is 8. The van der Waals surface area contributed by atoms with Crippen LogP contribution in [0.15, 0.2) is 95.7 Å². The predicted octanol–water partition coefficient (Wildman–Crippen LogP) is 3.96. The molecule has 46 heavy (non-hydrogen) atoms. The Morgan fingerprint density at radius 1 is 1.02 bits per heavy atom. The molecule has 2 heterocycles. The number of allylic oxidation sites excluding steroid dienone is 1. The van der Waals surface area contributed by atoms with E-state index in [4.69, 9.17) is 18.9 Å². The van der Waals surface area contributed by atoms with E-state index < -0.39 is 16.3 Å². The lowest BCUT2D eigenvalue weighted by molar-refractivity contribution is -0.146. The molecule has 1 aliphatic heterocycles. The number of hydrogen-bond donors (Lipinski definition) is 3. The molecule has 12 heteroatoms. The van der Waals surface area contributed by atoms with Gasteiger partial charge in [-0.2, -0.15) is 4.31 Å². The molecule has 4 aromatic rings. The van der Waals surface area contributed by atoms with E-state index >= 15 is 0 Å². The molecule has 244 valence electrons. The fraction of sp³-hybridized carbons (Fsp3) is 0.324. The number of H-pyrrole nitrogens is 1. The Balaban J connectivity index is 1.23. The van der Waals surface area contributed by atoms with Crippen LogP contribution in [0.1, 0.15) is 23.5 Å². The zero-order valence-corrected chi connectivity index (χ0v) is 26.7. The van der Waals surface area contributed by atoms with Gasteiger partial charge in [-0.3, -0.25) is 4.79 Å². The van der Waals surface area contributed by atoms with E-state index in [1.807, 2.05) is 54.7 Å². The van der Waals surface area contributed by atoms with Gasteiger partial charge in [0.2, 0.25) is 16.3 Å². The van der Waals surface area contributed by atoms with Crippen molar-refractivity contribution < 1.29 is 37.3 Å². The van der Waals surface area contributed by atoms with Gasteiger partial charge < -0.3 is 34.4 Å². The van der Waals surface area contributed by atoms with Crippen molar-refractivity contribution in [3.63, 3.8) is 0 Å². The minimum absolute atomic E-state index is 0.0134. The summed E-state index contributed by atoms with van der Waals surface area (Å²) in [5, 5.41) is 13.6. The molecule has 3 N–H and O–H groups in total. The van der Waals surface area contributed by atoms with Crippen molar-refractivity contribution in [2.45, 2.75) is 29.9 Å². The zero-order chi connectivity index (χ0) is 32.5. The van der Waals surface area contributed by atoms with E-state index in [0.717, 1.165) is 32.1 Å². The van der Waals surface area contributed by atoms with Crippen LogP contribution in [0.3, 0.4) is 0 Å². The van der Waals surface area contributed by atoms with Crippen LogP contribution in [-0.4, -0.2) is 82.1 Å². The number of amides is 1. The summed E-state index contributed by atoms with van der Waals surface area (Å²) >= 11 is 0. The average Bonchev–Trinajstić information content (AvgIpc) is 3.50. The molecule has 0 unspecified atom stereocenters. The van der Waals surface area contributed by atoms with Gasteiger partial charge in [0.25, 0.3) is 5.91 Å². The normalized spacial score (nSPS) is 16.6. The first kappa shape index (κ1) is 33.0. The zero-order valence-electron chi connectivity index (χ0n) is 25.8. The monoisotopic (exact) mass is 649 g/mol. The molecule has 0 fully saturated rings. The summed E-state index contributed by atoms with van der Waals surface area (Å²) in [4.78, 5) is 16.6. The van der Waals surface area contributed by atoms with Crippen LogP contribution in [0.4, 0.5) is 0 Å². The van der Waals surface area contributed by atoms with Gasteiger partial charge in [0.05, 0.1) is 32.3 Å². The number of aromatic amines is 1. The first-order chi connectivity index (χ1) is 22.3. The SMILES string of the molecule is COc1ccc(S(=O)(=O)N(CCO)CCO[C@H]2C[C@@H](c3ccccc3)C=C(C(=O)NCCc3c[nH]c4ccc(OC)cc34)O2)cc1. The van der Waals surface area contributed by atoms with Gasteiger partial charge in [-0.15, -0.1) is 0 Å². The molecule has 1 aliphatic rings. The van der Waals surface area contributed by atoms with E-state index in [2.05, 4.69) is 10.3 Å².